The number of amides is 1. The van der Waals surface area contributed by atoms with Crippen molar-refractivity contribution >= 4 is 11.9 Å². The van der Waals surface area contributed by atoms with Gasteiger partial charge in [-0.1, -0.05) is 12.1 Å². The Morgan fingerprint density at radius 3 is 2.90 bits per heavy atom. The second kappa shape index (κ2) is 6.58. The lowest BCUT2D eigenvalue weighted by molar-refractivity contribution is -0.159. The molecule has 0 saturated carbocycles. The summed E-state index contributed by atoms with van der Waals surface area (Å²) in [5, 5.41) is 8.92. The lowest BCUT2D eigenvalue weighted by Gasteiger charge is -2.30. The minimum absolute atomic E-state index is 0.0598. The molecule has 1 N–H and O–H groups in total. The largest absolute Gasteiger partial charge is 0.483 e. The number of benzene rings is 1. The number of rotatable bonds is 4. The highest BCUT2D eigenvalue weighted by Crippen LogP contribution is 2.20. The van der Waals surface area contributed by atoms with Gasteiger partial charge in [0.2, 0.25) is 0 Å². The zero-order chi connectivity index (χ0) is 15.4. The highest BCUT2D eigenvalue weighted by molar-refractivity contribution is 5.79. The van der Waals surface area contributed by atoms with Crippen LogP contribution in [0.3, 0.4) is 0 Å². The number of morpholine rings is 1. The second-order valence-corrected chi connectivity index (χ2v) is 5.02. The Morgan fingerprint density at radius 2 is 2.19 bits per heavy atom. The first-order chi connectivity index (χ1) is 9.99. The molecule has 0 radical (unpaired) electrons. The molecule has 1 aromatic rings. The SMILES string of the molecule is Cc1cccc(OCC(=O)N2CCOC(C(=O)O)C2)c1C. The molecule has 21 heavy (non-hydrogen) atoms. The number of carbonyl (C=O) groups is 2. The fraction of sp³-hybridized carbons (Fsp3) is 0.467. The van der Waals surface area contributed by atoms with E-state index < -0.39 is 12.1 Å². The lowest BCUT2D eigenvalue weighted by atomic mass is 10.1. The minimum atomic E-state index is -1.05. The van der Waals surface area contributed by atoms with Crippen LogP contribution >= 0.6 is 0 Å². The van der Waals surface area contributed by atoms with Gasteiger partial charge in [-0.15, -0.1) is 0 Å². The van der Waals surface area contributed by atoms with Crippen molar-refractivity contribution in [2.45, 2.75) is 20.0 Å². The Labute approximate surface area is 123 Å². The average molecular weight is 293 g/mol. The van der Waals surface area contributed by atoms with Crippen LogP contribution < -0.4 is 4.74 Å². The van der Waals surface area contributed by atoms with Crippen LogP contribution in [-0.2, 0) is 14.3 Å². The van der Waals surface area contributed by atoms with Gasteiger partial charge >= 0.3 is 5.97 Å². The Hall–Kier alpha value is -2.08. The number of ether oxygens (including phenoxy) is 2. The van der Waals surface area contributed by atoms with E-state index in [4.69, 9.17) is 14.6 Å². The number of aryl methyl sites for hydroxylation is 1. The molecule has 1 amide bonds. The molecule has 1 heterocycles. The topological polar surface area (TPSA) is 76.1 Å². The number of carboxylic acid groups (broad SMARTS) is 1. The molecule has 0 spiro atoms. The Morgan fingerprint density at radius 1 is 1.43 bits per heavy atom. The quantitative estimate of drug-likeness (QED) is 0.896. The average Bonchev–Trinajstić information content (AvgIpc) is 2.48. The summed E-state index contributed by atoms with van der Waals surface area (Å²) in [4.78, 5) is 24.4. The third kappa shape index (κ3) is 3.72. The zero-order valence-corrected chi connectivity index (χ0v) is 12.2. The predicted octanol–water partition coefficient (Wildman–Crippen LogP) is 0.994. The molecular weight excluding hydrogens is 274 g/mol. The number of carbonyl (C=O) groups excluding carboxylic acids is 1. The number of aliphatic carboxylic acids is 1. The molecule has 0 bridgehead atoms. The van der Waals surface area contributed by atoms with E-state index in [0.717, 1.165) is 11.1 Å². The van der Waals surface area contributed by atoms with Gasteiger partial charge in [0.25, 0.3) is 5.91 Å². The molecular formula is C15H19NO5. The van der Waals surface area contributed by atoms with Gasteiger partial charge in [-0.25, -0.2) is 4.79 Å². The van der Waals surface area contributed by atoms with E-state index in [1.54, 1.807) is 0 Å². The van der Waals surface area contributed by atoms with Crippen molar-refractivity contribution in [2.75, 3.05) is 26.3 Å². The van der Waals surface area contributed by atoms with Gasteiger partial charge in [0.05, 0.1) is 13.2 Å². The van der Waals surface area contributed by atoms with E-state index in [1.165, 1.54) is 4.90 Å². The maximum absolute atomic E-state index is 12.1. The van der Waals surface area contributed by atoms with E-state index in [2.05, 4.69) is 0 Å². The molecule has 2 rings (SSSR count). The molecule has 1 aliphatic heterocycles. The summed E-state index contributed by atoms with van der Waals surface area (Å²) in [6.07, 6.45) is -0.955. The predicted molar refractivity (Wildman–Crippen MR) is 75.4 cm³/mol. The van der Waals surface area contributed by atoms with Crippen LogP contribution in [0.25, 0.3) is 0 Å². The molecule has 1 unspecified atom stereocenters. The van der Waals surface area contributed by atoms with Crippen molar-refractivity contribution in [2.24, 2.45) is 0 Å². The van der Waals surface area contributed by atoms with Crippen LogP contribution in [0, 0.1) is 13.8 Å². The van der Waals surface area contributed by atoms with Gasteiger partial charge in [-0.05, 0) is 31.0 Å². The Balaban J connectivity index is 1.92. The summed E-state index contributed by atoms with van der Waals surface area (Å²) in [5.41, 5.74) is 2.09. The highest BCUT2D eigenvalue weighted by atomic mass is 16.5. The second-order valence-electron chi connectivity index (χ2n) is 5.02. The van der Waals surface area contributed by atoms with Crippen LogP contribution in [0.1, 0.15) is 11.1 Å². The molecule has 0 aromatic heterocycles. The van der Waals surface area contributed by atoms with E-state index in [9.17, 15) is 9.59 Å². The molecule has 0 aliphatic carbocycles. The Kier molecular flexibility index (Phi) is 4.80. The van der Waals surface area contributed by atoms with Gasteiger partial charge in [0.15, 0.2) is 12.7 Å². The van der Waals surface area contributed by atoms with Crippen molar-refractivity contribution in [3.63, 3.8) is 0 Å². The normalized spacial score (nSPS) is 18.4. The zero-order valence-electron chi connectivity index (χ0n) is 12.2. The molecule has 6 nitrogen and oxygen atoms in total. The van der Waals surface area contributed by atoms with Gasteiger partial charge in [-0.3, -0.25) is 4.79 Å². The number of hydrogen-bond donors (Lipinski definition) is 1. The van der Waals surface area contributed by atoms with Crippen molar-refractivity contribution < 1.29 is 24.2 Å². The van der Waals surface area contributed by atoms with E-state index in [1.807, 2.05) is 32.0 Å². The van der Waals surface area contributed by atoms with Gasteiger partial charge in [0.1, 0.15) is 5.75 Å². The van der Waals surface area contributed by atoms with Crippen LogP contribution in [0.2, 0.25) is 0 Å². The van der Waals surface area contributed by atoms with Crippen LogP contribution in [0.4, 0.5) is 0 Å². The molecule has 1 atom stereocenters. The summed E-state index contributed by atoms with van der Waals surface area (Å²) in [6.45, 7) is 4.49. The van der Waals surface area contributed by atoms with Crippen LogP contribution in [-0.4, -0.2) is 54.3 Å². The fourth-order valence-corrected chi connectivity index (χ4v) is 2.14. The third-order valence-corrected chi connectivity index (χ3v) is 3.60. The van der Waals surface area contributed by atoms with E-state index >= 15 is 0 Å². The van der Waals surface area contributed by atoms with Crippen LogP contribution in [0.15, 0.2) is 18.2 Å². The molecule has 114 valence electrons. The third-order valence-electron chi connectivity index (χ3n) is 3.60. The molecule has 1 aliphatic rings. The van der Waals surface area contributed by atoms with E-state index in [-0.39, 0.29) is 25.7 Å². The molecule has 6 heteroatoms. The smallest absolute Gasteiger partial charge is 0.334 e. The fourth-order valence-electron chi connectivity index (χ4n) is 2.14. The first kappa shape index (κ1) is 15.3. The first-order valence-corrected chi connectivity index (χ1v) is 6.80. The summed E-state index contributed by atoms with van der Waals surface area (Å²) >= 11 is 0. The summed E-state index contributed by atoms with van der Waals surface area (Å²) in [5.74, 6) is -0.611. The first-order valence-electron chi connectivity index (χ1n) is 6.80. The number of hydrogen-bond acceptors (Lipinski definition) is 4. The maximum Gasteiger partial charge on any atom is 0.334 e. The molecule has 1 aromatic carbocycles. The van der Waals surface area contributed by atoms with Gasteiger partial charge in [0, 0.05) is 6.54 Å². The maximum atomic E-state index is 12.1. The van der Waals surface area contributed by atoms with Gasteiger partial charge in [-0.2, -0.15) is 0 Å². The van der Waals surface area contributed by atoms with Crippen molar-refractivity contribution in [3.05, 3.63) is 29.3 Å². The van der Waals surface area contributed by atoms with Crippen molar-refractivity contribution in [3.8, 4) is 5.75 Å². The summed E-state index contributed by atoms with van der Waals surface area (Å²) < 4.78 is 10.6. The van der Waals surface area contributed by atoms with E-state index in [0.29, 0.717) is 12.3 Å². The summed E-state index contributed by atoms with van der Waals surface area (Å²) in [7, 11) is 0. The van der Waals surface area contributed by atoms with Crippen LogP contribution in [0.5, 0.6) is 5.75 Å². The highest BCUT2D eigenvalue weighted by Gasteiger charge is 2.29. The minimum Gasteiger partial charge on any atom is -0.483 e. The lowest BCUT2D eigenvalue weighted by Crippen LogP contribution is -2.49. The van der Waals surface area contributed by atoms with Crippen molar-refractivity contribution in [1.82, 2.24) is 4.90 Å². The number of nitrogens with zero attached hydrogens (tertiary/aromatic N) is 1. The standard InChI is InChI=1S/C15H19NO5/c1-10-4-3-5-12(11(10)2)21-9-14(17)16-6-7-20-13(8-16)15(18)19/h3-5,13H,6-9H2,1-2H3,(H,18,19). The summed E-state index contributed by atoms with van der Waals surface area (Å²) in [6, 6.07) is 5.66. The Bertz CT molecular complexity index is 543. The monoisotopic (exact) mass is 293 g/mol. The molecule has 1 fully saturated rings. The number of carboxylic acids is 1. The van der Waals surface area contributed by atoms with Gasteiger partial charge < -0.3 is 19.5 Å². The molecule has 1 saturated heterocycles. The van der Waals surface area contributed by atoms with Crippen molar-refractivity contribution in [1.29, 1.82) is 0 Å².